The van der Waals surface area contributed by atoms with Gasteiger partial charge in [-0.3, -0.25) is 0 Å². The third-order valence-electron chi connectivity index (χ3n) is 4.02. The molecule has 21 heavy (non-hydrogen) atoms. The number of thiazole rings is 1. The minimum absolute atomic E-state index is 0.134. The molecule has 1 aliphatic heterocycles. The largest absolute Gasteiger partial charge is 0.376 e. The third kappa shape index (κ3) is 4.18. The molecule has 1 aliphatic rings. The lowest BCUT2D eigenvalue weighted by Crippen LogP contribution is -2.36. The minimum Gasteiger partial charge on any atom is -0.376 e. The van der Waals surface area contributed by atoms with E-state index in [1.54, 1.807) is 0 Å². The Morgan fingerprint density at radius 3 is 2.67 bits per heavy atom. The Labute approximate surface area is 132 Å². The van der Waals surface area contributed by atoms with E-state index >= 15 is 0 Å². The number of aryl methyl sites for hydroxylation is 1. The first-order chi connectivity index (χ1) is 9.81. The van der Waals surface area contributed by atoms with Crippen molar-refractivity contribution in [2.24, 2.45) is 0 Å². The molecule has 0 aromatic carbocycles. The van der Waals surface area contributed by atoms with Gasteiger partial charge in [-0.25, -0.2) is 4.98 Å². The maximum Gasteiger partial charge on any atom is 0.185 e. The van der Waals surface area contributed by atoms with Gasteiger partial charge in [0.2, 0.25) is 0 Å². The van der Waals surface area contributed by atoms with Crippen LogP contribution in [-0.2, 0) is 17.7 Å². The number of hydrogen-bond acceptors (Lipinski definition) is 5. The van der Waals surface area contributed by atoms with Gasteiger partial charge in [0.15, 0.2) is 5.13 Å². The number of hydrogen-bond donors (Lipinski definition) is 1. The number of anilines is 1. The van der Waals surface area contributed by atoms with Crippen molar-refractivity contribution in [1.29, 1.82) is 0 Å². The molecular formula is C16H29N3OS. The molecule has 120 valence electrons. The van der Waals surface area contributed by atoms with Gasteiger partial charge in [0.25, 0.3) is 0 Å². The van der Waals surface area contributed by atoms with Gasteiger partial charge in [-0.05, 0) is 40.5 Å². The zero-order chi connectivity index (χ0) is 15.6. The van der Waals surface area contributed by atoms with Crippen LogP contribution in [0.25, 0.3) is 0 Å². The van der Waals surface area contributed by atoms with E-state index in [0.717, 1.165) is 31.1 Å². The van der Waals surface area contributed by atoms with Crippen molar-refractivity contribution in [1.82, 2.24) is 10.3 Å². The van der Waals surface area contributed by atoms with Gasteiger partial charge in [-0.2, -0.15) is 0 Å². The van der Waals surface area contributed by atoms with Gasteiger partial charge in [0.1, 0.15) is 0 Å². The second-order valence-electron chi connectivity index (χ2n) is 6.87. The second-order valence-corrected chi connectivity index (χ2v) is 7.93. The molecular weight excluding hydrogens is 282 g/mol. The molecule has 0 aliphatic carbocycles. The highest BCUT2D eigenvalue weighted by Crippen LogP contribution is 2.31. The highest BCUT2D eigenvalue weighted by molar-refractivity contribution is 7.15. The summed E-state index contributed by atoms with van der Waals surface area (Å²) in [6, 6.07) is 0.448. The van der Waals surface area contributed by atoms with E-state index < -0.39 is 0 Å². The molecule has 2 rings (SSSR count). The average Bonchev–Trinajstić information content (AvgIpc) is 3.00. The SMILES string of the molecule is CCc1nc(N(C)C2CCOC2C)sc1CNC(C)(C)C. The number of aromatic nitrogens is 1. The molecule has 1 aromatic heterocycles. The summed E-state index contributed by atoms with van der Waals surface area (Å²) >= 11 is 1.82. The van der Waals surface area contributed by atoms with Crippen LogP contribution in [0.15, 0.2) is 0 Å². The smallest absolute Gasteiger partial charge is 0.185 e. The molecule has 0 radical (unpaired) electrons. The monoisotopic (exact) mass is 311 g/mol. The molecule has 2 atom stereocenters. The van der Waals surface area contributed by atoms with Crippen molar-refractivity contribution in [3.63, 3.8) is 0 Å². The van der Waals surface area contributed by atoms with E-state index in [1.807, 2.05) is 11.3 Å². The van der Waals surface area contributed by atoms with E-state index in [4.69, 9.17) is 9.72 Å². The molecule has 0 saturated carbocycles. The topological polar surface area (TPSA) is 37.4 Å². The number of likely N-dealkylation sites (N-methyl/N-ethyl adjacent to an activating group) is 1. The molecule has 1 fully saturated rings. The van der Waals surface area contributed by atoms with Gasteiger partial charge in [0, 0.05) is 30.6 Å². The van der Waals surface area contributed by atoms with Crippen LogP contribution in [0, 0.1) is 0 Å². The van der Waals surface area contributed by atoms with E-state index in [1.165, 1.54) is 10.6 Å². The van der Waals surface area contributed by atoms with Gasteiger partial charge >= 0.3 is 0 Å². The number of nitrogens with zero attached hydrogens (tertiary/aromatic N) is 2. The summed E-state index contributed by atoms with van der Waals surface area (Å²) in [5, 5.41) is 4.70. The molecule has 2 heterocycles. The first-order valence-corrected chi connectivity index (χ1v) is 8.71. The summed E-state index contributed by atoms with van der Waals surface area (Å²) in [6.45, 7) is 12.7. The fraction of sp³-hybridized carbons (Fsp3) is 0.812. The van der Waals surface area contributed by atoms with Crippen LogP contribution in [0.1, 0.15) is 51.6 Å². The predicted octanol–water partition coefficient (Wildman–Crippen LogP) is 3.21. The van der Waals surface area contributed by atoms with Crippen molar-refractivity contribution in [2.75, 3.05) is 18.6 Å². The van der Waals surface area contributed by atoms with Gasteiger partial charge in [0.05, 0.1) is 17.8 Å². The van der Waals surface area contributed by atoms with Crippen LogP contribution in [0.2, 0.25) is 0 Å². The highest BCUT2D eigenvalue weighted by Gasteiger charge is 2.30. The van der Waals surface area contributed by atoms with E-state index in [9.17, 15) is 0 Å². The van der Waals surface area contributed by atoms with Crippen molar-refractivity contribution in [3.05, 3.63) is 10.6 Å². The lowest BCUT2D eigenvalue weighted by atomic mass is 10.1. The molecule has 5 heteroatoms. The maximum atomic E-state index is 5.69. The summed E-state index contributed by atoms with van der Waals surface area (Å²) in [5.41, 5.74) is 1.36. The molecule has 0 amide bonds. The number of ether oxygens (including phenoxy) is 1. The Bertz CT molecular complexity index is 467. The predicted molar refractivity (Wildman–Crippen MR) is 90.3 cm³/mol. The Morgan fingerprint density at radius 2 is 2.14 bits per heavy atom. The fourth-order valence-electron chi connectivity index (χ4n) is 2.65. The molecule has 1 N–H and O–H groups in total. The summed E-state index contributed by atoms with van der Waals surface area (Å²) in [7, 11) is 2.15. The fourth-order valence-corrected chi connectivity index (χ4v) is 3.76. The molecule has 0 bridgehead atoms. The van der Waals surface area contributed by atoms with Crippen LogP contribution < -0.4 is 10.2 Å². The van der Waals surface area contributed by atoms with Crippen LogP contribution in [0.5, 0.6) is 0 Å². The average molecular weight is 311 g/mol. The minimum atomic E-state index is 0.134. The zero-order valence-corrected chi connectivity index (χ0v) is 15.0. The first-order valence-electron chi connectivity index (χ1n) is 7.90. The summed E-state index contributed by atoms with van der Waals surface area (Å²) < 4.78 is 5.69. The lowest BCUT2D eigenvalue weighted by Gasteiger charge is -2.26. The summed E-state index contributed by atoms with van der Waals surface area (Å²) in [6.07, 6.45) is 2.37. The van der Waals surface area contributed by atoms with Crippen molar-refractivity contribution >= 4 is 16.5 Å². The second kappa shape index (κ2) is 6.63. The number of nitrogens with one attached hydrogen (secondary N) is 1. The van der Waals surface area contributed by atoms with Crippen LogP contribution >= 0.6 is 11.3 Å². The lowest BCUT2D eigenvalue weighted by molar-refractivity contribution is 0.118. The molecule has 1 aromatic rings. The standard InChI is InChI=1S/C16H29N3OS/c1-7-12-14(10-17-16(3,4)5)21-15(18-12)19(6)13-8-9-20-11(13)2/h11,13,17H,7-10H2,1-6H3. The quantitative estimate of drug-likeness (QED) is 0.906. The van der Waals surface area contributed by atoms with Gasteiger partial charge in [-0.1, -0.05) is 6.92 Å². The molecule has 4 nitrogen and oxygen atoms in total. The summed E-state index contributed by atoms with van der Waals surface area (Å²) in [4.78, 5) is 8.53. The Kier molecular flexibility index (Phi) is 5.28. The highest BCUT2D eigenvalue weighted by atomic mass is 32.1. The zero-order valence-electron chi connectivity index (χ0n) is 14.2. The van der Waals surface area contributed by atoms with Crippen molar-refractivity contribution in [3.8, 4) is 0 Å². The van der Waals surface area contributed by atoms with Gasteiger partial charge in [-0.15, -0.1) is 11.3 Å². The third-order valence-corrected chi connectivity index (χ3v) is 5.20. The Hall–Kier alpha value is -0.650. The first kappa shape index (κ1) is 16.7. The van der Waals surface area contributed by atoms with Crippen molar-refractivity contribution < 1.29 is 4.74 Å². The normalized spacial score (nSPS) is 22.8. The van der Waals surface area contributed by atoms with E-state index in [0.29, 0.717) is 12.1 Å². The molecule has 1 saturated heterocycles. The Balaban J connectivity index is 2.12. The van der Waals surface area contributed by atoms with Crippen LogP contribution in [0.4, 0.5) is 5.13 Å². The van der Waals surface area contributed by atoms with E-state index in [-0.39, 0.29) is 5.54 Å². The molecule has 2 unspecified atom stereocenters. The molecule has 0 spiro atoms. The van der Waals surface area contributed by atoms with Crippen molar-refractivity contribution in [2.45, 2.75) is 71.7 Å². The van der Waals surface area contributed by atoms with Crippen LogP contribution in [0.3, 0.4) is 0 Å². The maximum absolute atomic E-state index is 5.69. The Morgan fingerprint density at radius 1 is 1.43 bits per heavy atom. The van der Waals surface area contributed by atoms with Crippen LogP contribution in [-0.4, -0.2) is 36.3 Å². The van der Waals surface area contributed by atoms with Gasteiger partial charge < -0.3 is 15.0 Å². The number of rotatable bonds is 5. The van der Waals surface area contributed by atoms with E-state index in [2.05, 4.69) is 51.9 Å². The summed E-state index contributed by atoms with van der Waals surface area (Å²) in [5.74, 6) is 0.